The quantitative estimate of drug-likeness (QED) is 0.911. The Morgan fingerprint density at radius 2 is 1.95 bits per heavy atom. The zero-order valence-electron chi connectivity index (χ0n) is 12.0. The Bertz CT molecular complexity index is 554. The molecule has 0 saturated carbocycles. The van der Waals surface area contributed by atoms with Crippen LogP contribution in [-0.2, 0) is 6.18 Å². The summed E-state index contributed by atoms with van der Waals surface area (Å²) in [5, 5.41) is 12.3. The molecule has 0 aromatic carbocycles. The van der Waals surface area contributed by atoms with Crippen molar-refractivity contribution < 1.29 is 13.2 Å². The largest absolute Gasteiger partial charge is 0.433 e. The number of nitrogens with zero attached hydrogens (tertiary/aromatic N) is 3. The van der Waals surface area contributed by atoms with Gasteiger partial charge in [-0.05, 0) is 38.9 Å². The molecule has 0 radical (unpaired) electrons. The Morgan fingerprint density at radius 3 is 2.43 bits per heavy atom. The number of anilines is 1. The van der Waals surface area contributed by atoms with Crippen molar-refractivity contribution in [2.45, 2.75) is 31.5 Å². The van der Waals surface area contributed by atoms with Crippen molar-refractivity contribution in [1.82, 2.24) is 10.3 Å². The summed E-state index contributed by atoms with van der Waals surface area (Å²) in [4.78, 5) is 5.43. The molecule has 2 rings (SSSR count). The molecule has 7 heteroatoms. The van der Waals surface area contributed by atoms with Crippen molar-refractivity contribution in [3.8, 4) is 6.07 Å². The Balaban J connectivity index is 2.29. The van der Waals surface area contributed by atoms with Gasteiger partial charge in [0.05, 0.1) is 5.56 Å². The molecule has 0 spiro atoms. The number of hydrogen-bond donors (Lipinski definition) is 1. The lowest BCUT2D eigenvalue weighted by atomic mass is 9.90. The van der Waals surface area contributed by atoms with Crippen LogP contribution in [0.4, 0.5) is 19.0 Å². The van der Waals surface area contributed by atoms with E-state index in [1.807, 2.05) is 13.1 Å². The van der Waals surface area contributed by atoms with Crippen molar-refractivity contribution >= 4 is 5.82 Å². The standard InChI is InChI=1S/C14H17F3N4/c1-13(19-2)5-7-21(8-6-13)12-10(9-18)3-4-11(20-12)14(15,16)17/h3-4,19H,5-8H2,1-2H3. The van der Waals surface area contributed by atoms with Gasteiger partial charge in [0.2, 0.25) is 0 Å². The summed E-state index contributed by atoms with van der Waals surface area (Å²) in [5.74, 6) is 0.130. The van der Waals surface area contributed by atoms with Gasteiger partial charge in [-0.2, -0.15) is 18.4 Å². The Morgan fingerprint density at radius 1 is 1.33 bits per heavy atom. The highest BCUT2D eigenvalue weighted by atomic mass is 19.4. The second-order valence-corrected chi connectivity index (χ2v) is 5.47. The molecule has 4 nitrogen and oxygen atoms in total. The second kappa shape index (κ2) is 5.53. The van der Waals surface area contributed by atoms with Gasteiger partial charge < -0.3 is 10.2 Å². The van der Waals surface area contributed by atoms with E-state index in [0.717, 1.165) is 18.9 Å². The fraction of sp³-hybridized carbons (Fsp3) is 0.571. The van der Waals surface area contributed by atoms with Crippen molar-refractivity contribution in [3.63, 3.8) is 0 Å². The number of alkyl halides is 3. The van der Waals surface area contributed by atoms with Gasteiger partial charge in [-0.1, -0.05) is 0 Å². The van der Waals surface area contributed by atoms with E-state index >= 15 is 0 Å². The average molecular weight is 298 g/mol. The molecule has 0 bridgehead atoms. The lowest BCUT2D eigenvalue weighted by Gasteiger charge is -2.40. The molecule has 0 atom stereocenters. The zero-order valence-corrected chi connectivity index (χ0v) is 12.0. The number of piperidine rings is 1. The van der Waals surface area contributed by atoms with E-state index < -0.39 is 11.9 Å². The summed E-state index contributed by atoms with van der Waals surface area (Å²) in [6.07, 6.45) is -2.93. The molecule has 1 fully saturated rings. The highest BCUT2D eigenvalue weighted by molar-refractivity contribution is 5.55. The van der Waals surface area contributed by atoms with E-state index in [9.17, 15) is 13.2 Å². The number of rotatable bonds is 2. The maximum atomic E-state index is 12.8. The number of halogens is 3. The van der Waals surface area contributed by atoms with E-state index in [1.54, 1.807) is 4.90 Å². The third kappa shape index (κ3) is 3.27. The third-order valence-corrected chi connectivity index (χ3v) is 4.06. The molecule has 1 aromatic rings. The summed E-state index contributed by atoms with van der Waals surface area (Å²) >= 11 is 0. The van der Waals surface area contributed by atoms with Crippen molar-refractivity contribution in [1.29, 1.82) is 5.26 Å². The summed E-state index contributed by atoms with van der Waals surface area (Å²) in [6.45, 7) is 3.22. The Labute approximate surface area is 121 Å². The molecular formula is C14H17F3N4. The SMILES string of the molecule is CNC1(C)CCN(c2nc(C(F)(F)F)ccc2C#N)CC1. The molecule has 1 saturated heterocycles. The summed E-state index contributed by atoms with van der Waals surface area (Å²) in [6, 6.07) is 3.96. The number of nitrogens with one attached hydrogen (secondary N) is 1. The minimum absolute atomic E-state index is 0.0229. The third-order valence-electron chi connectivity index (χ3n) is 4.06. The second-order valence-electron chi connectivity index (χ2n) is 5.47. The molecule has 114 valence electrons. The molecule has 1 aliphatic rings. The van der Waals surface area contributed by atoms with E-state index in [-0.39, 0.29) is 16.9 Å². The minimum Gasteiger partial charge on any atom is -0.355 e. The highest BCUT2D eigenvalue weighted by Crippen LogP contribution is 2.32. The van der Waals surface area contributed by atoms with Crippen LogP contribution in [0.15, 0.2) is 12.1 Å². The average Bonchev–Trinajstić information content (AvgIpc) is 2.46. The predicted molar refractivity (Wildman–Crippen MR) is 72.9 cm³/mol. The highest BCUT2D eigenvalue weighted by Gasteiger charge is 2.35. The first-order chi connectivity index (χ1) is 9.79. The molecule has 1 N–H and O–H groups in total. The molecule has 21 heavy (non-hydrogen) atoms. The lowest BCUT2D eigenvalue weighted by Crippen LogP contribution is -2.50. The number of aromatic nitrogens is 1. The summed E-state index contributed by atoms with van der Waals surface area (Å²) in [5.41, 5.74) is -0.806. The molecule has 1 aromatic heterocycles. The maximum Gasteiger partial charge on any atom is 0.433 e. The first kappa shape index (κ1) is 15.6. The van der Waals surface area contributed by atoms with E-state index in [2.05, 4.69) is 17.2 Å². The zero-order chi connectivity index (χ0) is 15.7. The molecule has 0 unspecified atom stereocenters. The van der Waals surface area contributed by atoms with Gasteiger partial charge >= 0.3 is 6.18 Å². The van der Waals surface area contributed by atoms with Gasteiger partial charge in [0, 0.05) is 18.6 Å². The minimum atomic E-state index is -4.50. The Kier molecular flexibility index (Phi) is 4.10. The van der Waals surface area contributed by atoms with E-state index in [4.69, 9.17) is 5.26 Å². The van der Waals surface area contributed by atoms with Crippen molar-refractivity contribution in [2.75, 3.05) is 25.0 Å². The van der Waals surface area contributed by atoms with Crippen LogP contribution in [0.3, 0.4) is 0 Å². The van der Waals surface area contributed by atoms with Crippen LogP contribution in [0.5, 0.6) is 0 Å². The Hall–Kier alpha value is -1.81. The summed E-state index contributed by atoms with van der Waals surface area (Å²) < 4.78 is 38.3. The maximum absolute atomic E-state index is 12.8. The fourth-order valence-corrected chi connectivity index (χ4v) is 2.40. The molecule has 1 aliphatic heterocycles. The van der Waals surface area contributed by atoms with Crippen LogP contribution in [0.1, 0.15) is 31.0 Å². The topological polar surface area (TPSA) is 52.0 Å². The predicted octanol–water partition coefficient (Wildman–Crippen LogP) is 2.55. The van der Waals surface area contributed by atoms with Crippen LogP contribution in [0.25, 0.3) is 0 Å². The molecule has 0 aliphatic carbocycles. The first-order valence-corrected chi connectivity index (χ1v) is 6.71. The van der Waals surface area contributed by atoms with Gasteiger partial charge in [0.25, 0.3) is 0 Å². The monoisotopic (exact) mass is 298 g/mol. The van der Waals surface area contributed by atoms with Crippen molar-refractivity contribution in [3.05, 3.63) is 23.4 Å². The van der Waals surface area contributed by atoms with Crippen LogP contribution >= 0.6 is 0 Å². The van der Waals surface area contributed by atoms with Gasteiger partial charge in [0.1, 0.15) is 17.6 Å². The van der Waals surface area contributed by atoms with E-state index in [0.29, 0.717) is 13.1 Å². The van der Waals surface area contributed by atoms with Crippen molar-refractivity contribution in [2.24, 2.45) is 0 Å². The smallest absolute Gasteiger partial charge is 0.355 e. The number of nitriles is 1. The lowest BCUT2D eigenvalue weighted by molar-refractivity contribution is -0.141. The van der Waals surface area contributed by atoms with Crippen LogP contribution < -0.4 is 10.2 Å². The van der Waals surface area contributed by atoms with Gasteiger partial charge in [-0.25, -0.2) is 4.98 Å². The molecular weight excluding hydrogens is 281 g/mol. The van der Waals surface area contributed by atoms with E-state index in [1.165, 1.54) is 6.07 Å². The molecule has 2 heterocycles. The first-order valence-electron chi connectivity index (χ1n) is 6.71. The number of hydrogen-bond acceptors (Lipinski definition) is 4. The fourth-order valence-electron chi connectivity index (χ4n) is 2.40. The van der Waals surface area contributed by atoms with Crippen LogP contribution in [0.2, 0.25) is 0 Å². The van der Waals surface area contributed by atoms with Gasteiger partial charge in [-0.3, -0.25) is 0 Å². The molecule has 0 amide bonds. The normalized spacial score (nSPS) is 18.4. The van der Waals surface area contributed by atoms with Crippen LogP contribution in [0, 0.1) is 11.3 Å². The van der Waals surface area contributed by atoms with Gasteiger partial charge in [-0.15, -0.1) is 0 Å². The number of pyridine rings is 1. The summed E-state index contributed by atoms with van der Waals surface area (Å²) in [7, 11) is 1.87. The van der Waals surface area contributed by atoms with Gasteiger partial charge in [0.15, 0.2) is 0 Å². The van der Waals surface area contributed by atoms with Crippen LogP contribution in [-0.4, -0.2) is 30.7 Å².